The Morgan fingerprint density at radius 3 is 2.79 bits per heavy atom. The summed E-state index contributed by atoms with van der Waals surface area (Å²) in [5.41, 5.74) is 0.609. The van der Waals surface area contributed by atoms with Crippen molar-refractivity contribution < 1.29 is 0 Å². The molecule has 1 rings (SSSR count). The average Bonchev–Trinajstić information content (AvgIpc) is 2.44. The van der Waals surface area contributed by atoms with Crippen molar-refractivity contribution in [1.29, 1.82) is 5.26 Å². The van der Waals surface area contributed by atoms with E-state index in [2.05, 4.69) is 42.0 Å². The van der Waals surface area contributed by atoms with Crippen LogP contribution in [0, 0.1) is 11.3 Å². The van der Waals surface area contributed by atoms with Gasteiger partial charge in [0.05, 0.1) is 5.56 Å². The smallest absolute Gasteiger partial charge is 0.144 e. The summed E-state index contributed by atoms with van der Waals surface area (Å²) in [5, 5.41) is 12.3. The van der Waals surface area contributed by atoms with Crippen molar-refractivity contribution in [2.75, 3.05) is 25.0 Å². The van der Waals surface area contributed by atoms with E-state index in [0.29, 0.717) is 17.4 Å². The topological polar surface area (TPSA) is 52.0 Å². The van der Waals surface area contributed by atoms with Crippen molar-refractivity contribution in [2.24, 2.45) is 0 Å². The molecule has 0 saturated carbocycles. The third-order valence-corrected chi connectivity index (χ3v) is 3.32. The lowest BCUT2D eigenvalue weighted by Crippen LogP contribution is -2.25. The molecule has 0 bridgehead atoms. The van der Waals surface area contributed by atoms with E-state index in [9.17, 15) is 0 Å². The largest absolute Gasteiger partial charge is 0.367 e. The van der Waals surface area contributed by atoms with Crippen LogP contribution in [0.15, 0.2) is 18.3 Å². The first kappa shape index (κ1) is 15.5. The molecule has 0 radical (unpaired) electrons. The molecule has 0 fully saturated rings. The molecule has 1 N–H and O–H groups in total. The van der Waals surface area contributed by atoms with Crippen LogP contribution >= 0.6 is 0 Å². The maximum Gasteiger partial charge on any atom is 0.144 e. The maximum absolute atomic E-state index is 9.01. The quantitative estimate of drug-likeness (QED) is 0.781. The highest BCUT2D eigenvalue weighted by Gasteiger charge is 2.07. The fraction of sp³-hybridized carbons (Fsp3) is 0.600. The molecule has 1 atom stereocenters. The summed E-state index contributed by atoms with van der Waals surface area (Å²) in [6.07, 6.45) is 3.95. The van der Waals surface area contributed by atoms with E-state index in [1.807, 2.05) is 0 Å². The van der Waals surface area contributed by atoms with Gasteiger partial charge in [0, 0.05) is 12.2 Å². The van der Waals surface area contributed by atoms with Crippen molar-refractivity contribution in [3.05, 3.63) is 23.9 Å². The van der Waals surface area contributed by atoms with Gasteiger partial charge in [-0.3, -0.25) is 0 Å². The highest BCUT2D eigenvalue weighted by molar-refractivity contribution is 5.51. The second-order valence-electron chi connectivity index (χ2n) is 4.73. The predicted octanol–water partition coefficient (Wildman–Crippen LogP) is 2.88. The summed E-state index contributed by atoms with van der Waals surface area (Å²) >= 11 is 0. The van der Waals surface area contributed by atoms with E-state index >= 15 is 0 Å². The second-order valence-corrected chi connectivity index (χ2v) is 4.73. The first-order valence-corrected chi connectivity index (χ1v) is 7.05. The van der Waals surface area contributed by atoms with Crippen LogP contribution in [0.3, 0.4) is 0 Å². The molecule has 1 aromatic rings. The van der Waals surface area contributed by atoms with Crippen LogP contribution in [-0.2, 0) is 0 Å². The number of rotatable bonds is 8. The lowest BCUT2D eigenvalue weighted by atomic mass is 10.1. The standard InChI is InChI=1S/C15H24N4/c1-4-19(5-2)11-7-8-13(3)18-15-14(12-16)9-6-10-17-15/h6,9-10,13H,4-5,7-8,11H2,1-3H3,(H,17,18). The highest BCUT2D eigenvalue weighted by Crippen LogP contribution is 2.12. The molecule has 0 aliphatic heterocycles. The average molecular weight is 260 g/mol. The van der Waals surface area contributed by atoms with Crippen molar-refractivity contribution in [1.82, 2.24) is 9.88 Å². The Balaban J connectivity index is 2.39. The zero-order chi connectivity index (χ0) is 14.1. The number of pyridine rings is 1. The van der Waals surface area contributed by atoms with Gasteiger partial charge in [0.25, 0.3) is 0 Å². The van der Waals surface area contributed by atoms with Crippen LogP contribution in [0.25, 0.3) is 0 Å². The van der Waals surface area contributed by atoms with Crippen LogP contribution in [0.5, 0.6) is 0 Å². The van der Waals surface area contributed by atoms with E-state index in [0.717, 1.165) is 32.5 Å². The zero-order valence-corrected chi connectivity index (χ0v) is 12.2. The van der Waals surface area contributed by atoms with Gasteiger partial charge in [-0.25, -0.2) is 4.98 Å². The van der Waals surface area contributed by atoms with E-state index in [1.54, 1.807) is 18.3 Å². The van der Waals surface area contributed by atoms with E-state index in [-0.39, 0.29) is 0 Å². The molecule has 1 unspecified atom stereocenters. The van der Waals surface area contributed by atoms with E-state index < -0.39 is 0 Å². The second kappa shape index (κ2) is 8.49. The molecule has 0 amide bonds. The third kappa shape index (κ3) is 5.27. The van der Waals surface area contributed by atoms with Crippen molar-refractivity contribution in [3.8, 4) is 6.07 Å². The van der Waals surface area contributed by atoms with Crippen molar-refractivity contribution in [3.63, 3.8) is 0 Å². The van der Waals surface area contributed by atoms with E-state index in [1.165, 1.54) is 0 Å². The van der Waals surface area contributed by atoms with Crippen LogP contribution < -0.4 is 5.32 Å². The summed E-state index contributed by atoms with van der Waals surface area (Å²) in [6, 6.07) is 6.07. The molecule has 0 saturated heterocycles. The van der Waals surface area contributed by atoms with Gasteiger partial charge in [-0.15, -0.1) is 0 Å². The molecular weight excluding hydrogens is 236 g/mol. The third-order valence-electron chi connectivity index (χ3n) is 3.32. The lowest BCUT2D eigenvalue weighted by Gasteiger charge is -2.20. The van der Waals surface area contributed by atoms with Gasteiger partial charge in [-0.1, -0.05) is 13.8 Å². The van der Waals surface area contributed by atoms with Gasteiger partial charge in [0.2, 0.25) is 0 Å². The van der Waals surface area contributed by atoms with Gasteiger partial charge in [-0.2, -0.15) is 5.26 Å². The molecule has 0 aliphatic carbocycles. The Kier molecular flexibility index (Phi) is 6.91. The minimum atomic E-state index is 0.331. The molecule has 19 heavy (non-hydrogen) atoms. The molecule has 1 aromatic heterocycles. The van der Waals surface area contributed by atoms with Gasteiger partial charge in [0.1, 0.15) is 11.9 Å². The predicted molar refractivity (Wildman–Crippen MR) is 79.1 cm³/mol. The van der Waals surface area contributed by atoms with Crippen molar-refractivity contribution in [2.45, 2.75) is 39.7 Å². The highest BCUT2D eigenvalue weighted by atomic mass is 15.1. The minimum Gasteiger partial charge on any atom is -0.367 e. The normalized spacial score (nSPS) is 12.2. The monoisotopic (exact) mass is 260 g/mol. The summed E-state index contributed by atoms with van der Waals surface area (Å²) < 4.78 is 0. The van der Waals surface area contributed by atoms with Crippen LogP contribution in [0.1, 0.15) is 39.2 Å². The molecule has 0 spiro atoms. The van der Waals surface area contributed by atoms with Gasteiger partial charge in [-0.05, 0) is 51.5 Å². The number of nitrogens with zero attached hydrogens (tertiary/aromatic N) is 3. The Labute approximate surface area is 116 Å². The fourth-order valence-corrected chi connectivity index (χ4v) is 2.08. The minimum absolute atomic E-state index is 0.331. The summed E-state index contributed by atoms with van der Waals surface area (Å²) in [7, 11) is 0. The Morgan fingerprint density at radius 1 is 1.42 bits per heavy atom. The molecule has 0 aromatic carbocycles. The number of hydrogen-bond acceptors (Lipinski definition) is 4. The molecule has 4 heteroatoms. The van der Waals surface area contributed by atoms with Crippen LogP contribution in [0.2, 0.25) is 0 Å². The SMILES string of the molecule is CCN(CC)CCCC(C)Nc1ncccc1C#N. The zero-order valence-electron chi connectivity index (χ0n) is 12.2. The van der Waals surface area contributed by atoms with Gasteiger partial charge >= 0.3 is 0 Å². The molecule has 4 nitrogen and oxygen atoms in total. The fourth-order valence-electron chi connectivity index (χ4n) is 2.08. The number of hydrogen-bond donors (Lipinski definition) is 1. The van der Waals surface area contributed by atoms with Crippen LogP contribution in [-0.4, -0.2) is 35.6 Å². The lowest BCUT2D eigenvalue weighted by molar-refractivity contribution is 0.295. The summed E-state index contributed by atoms with van der Waals surface area (Å²) in [4.78, 5) is 6.65. The maximum atomic E-state index is 9.01. The number of nitrogens with one attached hydrogen (secondary N) is 1. The van der Waals surface area contributed by atoms with Crippen molar-refractivity contribution >= 4 is 5.82 Å². The number of anilines is 1. The summed E-state index contributed by atoms with van der Waals surface area (Å²) in [6.45, 7) is 9.87. The van der Waals surface area contributed by atoms with Crippen LogP contribution in [0.4, 0.5) is 5.82 Å². The van der Waals surface area contributed by atoms with Gasteiger partial charge < -0.3 is 10.2 Å². The van der Waals surface area contributed by atoms with E-state index in [4.69, 9.17) is 5.26 Å². The van der Waals surface area contributed by atoms with Gasteiger partial charge in [0.15, 0.2) is 0 Å². The molecule has 0 aliphatic rings. The molecule has 1 heterocycles. The Bertz CT molecular complexity index is 407. The first-order chi connectivity index (χ1) is 9.21. The Hall–Kier alpha value is -1.60. The summed E-state index contributed by atoms with van der Waals surface area (Å²) in [5.74, 6) is 0.695. The molecule has 104 valence electrons. The number of aromatic nitrogens is 1. The first-order valence-electron chi connectivity index (χ1n) is 7.05. The Morgan fingerprint density at radius 2 is 2.16 bits per heavy atom. The molecular formula is C15H24N4. The number of nitriles is 1.